The van der Waals surface area contributed by atoms with Gasteiger partial charge in [-0.15, -0.1) is 0 Å². The van der Waals surface area contributed by atoms with Gasteiger partial charge in [0.1, 0.15) is 5.75 Å². The molecule has 0 aliphatic carbocycles. The molecule has 4 heteroatoms. The molecule has 22 heavy (non-hydrogen) atoms. The standard InChI is InChI=1S/C18H27NO3/c1-3-13-21-17-9-7-16(8-10-17)18(20)22-14-5-12-19-11-4-6-15(19)2/h7-10,15H,3-6,11-14H2,1-2H3. The summed E-state index contributed by atoms with van der Waals surface area (Å²) in [7, 11) is 0. The van der Waals surface area contributed by atoms with Gasteiger partial charge < -0.3 is 14.4 Å². The molecule has 1 aromatic carbocycles. The average Bonchev–Trinajstić information content (AvgIpc) is 2.95. The second-order valence-electron chi connectivity index (χ2n) is 5.89. The summed E-state index contributed by atoms with van der Waals surface area (Å²) in [6.07, 6.45) is 4.44. The van der Waals surface area contributed by atoms with Crippen molar-refractivity contribution in [2.45, 2.75) is 45.6 Å². The Bertz CT molecular complexity index is 458. The summed E-state index contributed by atoms with van der Waals surface area (Å²) in [4.78, 5) is 14.4. The van der Waals surface area contributed by atoms with Gasteiger partial charge in [0, 0.05) is 12.6 Å². The summed E-state index contributed by atoms with van der Waals surface area (Å²) < 4.78 is 10.8. The molecule has 1 heterocycles. The van der Waals surface area contributed by atoms with Crippen LogP contribution < -0.4 is 4.74 Å². The SMILES string of the molecule is CCCOc1ccc(C(=O)OCCCN2CCCC2C)cc1. The van der Waals surface area contributed by atoms with Crippen LogP contribution in [0.25, 0.3) is 0 Å². The van der Waals surface area contributed by atoms with Gasteiger partial charge in [0.05, 0.1) is 18.8 Å². The van der Waals surface area contributed by atoms with Gasteiger partial charge in [-0.05, 0) is 63.4 Å². The number of carbonyl (C=O) groups excluding carboxylic acids is 1. The third kappa shape index (κ3) is 5.02. The molecule has 1 aromatic rings. The summed E-state index contributed by atoms with van der Waals surface area (Å²) in [5, 5.41) is 0. The second kappa shape index (κ2) is 8.79. The Morgan fingerprint density at radius 1 is 1.27 bits per heavy atom. The van der Waals surface area contributed by atoms with E-state index in [1.807, 2.05) is 12.1 Å². The molecular formula is C18H27NO3. The Hall–Kier alpha value is -1.55. The average molecular weight is 305 g/mol. The lowest BCUT2D eigenvalue weighted by molar-refractivity contribution is 0.0487. The third-order valence-electron chi connectivity index (χ3n) is 4.08. The largest absolute Gasteiger partial charge is 0.494 e. The van der Waals surface area contributed by atoms with E-state index in [4.69, 9.17) is 9.47 Å². The van der Waals surface area contributed by atoms with Crippen molar-refractivity contribution in [3.05, 3.63) is 29.8 Å². The van der Waals surface area contributed by atoms with E-state index in [0.717, 1.165) is 25.1 Å². The van der Waals surface area contributed by atoms with Crippen molar-refractivity contribution in [3.8, 4) is 5.75 Å². The Morgan fingerprint density at radius 2 is 2.05 bits per heavy atom. The van der Waals surface area contributed by atoms with Gasteiger partial charge in [0.25, 0.3) is 0 Å². The number of rotatable bonds is 8. The fourth-order valence-electron chi connectivity index (χ4n) is 2.75. The van der Waals surface area contributed by atoms with Crippen molar-refractivity contribution >= 4 is 5.97 Å². The molecular weight excluding hydrogens is 278 g/mol. The summed E-state index contributed by atoms with van der Waals surface area (Å²) in [6.45, 7) is 7.69. The van der Waals surface area contributed by atoms with Gasteiger partial charge in [-0.1, -0.05) is 6.92 Å². The van der Waals surface area contributed by atoms with Crippen molar-refractivity contribution in [1.29, 1.82) is 0 Å². The predicted molar refractivity (Wildman–Crippen MR) is 87.4 cm³/mol. The van der Waals surface area contributed by atoms with Gasteiger partial charge >= 0.3 is 5.97 Å². The summed E-state index contributed by atoms with van der Waals surface area (Å²) in [5.74, 6) is 0.540. The minimum Gasteiger partial charge on any atom is -0.494 e. The number of carbonyl (C=O) groups is 1. The van der Waals surface area contributed by atoms with Crippen LogP contribution in [0.3, 0.4) is 0 Å². The number of ether oxygens (including phenoxy) is 2. The van der Waals surface area contributed by atoms with Gasteiger partial charge in [-0.2, -0.15) is 0 Å². The highest BCUT2D eigenvalue weighted by Crippen LogP contribution is 2.16. The molecule has 122 valence electrons. The van der Waals surface area contributed by atoms with Crippen molar-refractivity contribution < 1.29 is 14.3 Å². The Balaban J connectivity index is 1.68. The molecule has 0 radical (unpaired) electrons. The van der Waals surface area contributed by atoms with Crippen molar-refractivity contribution in [3.63, 3.8) is 0 Å². The van der Waals surface area contributed by atoms with Gasteiger partial charge in [0.2, 0.25) is 0 Å². The van der Waals surface area contributed by atoms with Crippen molar-refractivity contribution in [2.75, 3.05) is 26.3 Å². The Labute approximate surface area is 133 Å². The predicted octanol–water partition coefficient (Wildman–Crippen LogP) is 3.51. The molecule has 1 aliphatic heterocycles. The molecule has 0 N–H and O–H groups in total. The maximum atomic E-state index is 12.0. The molecule has 0 amide bonds. The van der Waals surface area contributed by atoms with E-state index < -0.39 is 0 Å². The van der Waals surface area contributed by atoms with E-state index in [1.165, 1.54) is 19.4 Å². The van der Waals surface area contributed by atoms with Crippen molar-refractivity contribution in [1.82, 2.24) is 4.90 Å². The summed E-state index contributed by atoms with van der Waals surface area (Å²) in [5.41, 5.74) is 0.582. The number of hydrogen-bond donors (Lipinski definition) is 0. The highest BCUT2D eigenvalue weighted by molar-refractivity contribution is 5.89. The fourth-order valence-corrected chi connectivity index (χ4v) is 2.75. The van der Waals surface area contributed by atoms with E-state index in [2.05, 4.69) is 18.7 Å². The van der Waals surface area contributed by atoms with Gasteiger partial charge in [0.15, 0.2) is 0 Å². The molecule has 0 saturated carbocycles. The molecule has 2 rings (SSSR count). The number of hydrogen-bond acceptors (Lipinski definition) is 4. The minimum atomic E-state index is -0.253. The molecule has 1 aliphatic rings. The lowest BCUT2D eigenvalue weighted by Crippen LogP contribution is -2.28. The maximum absolute atomic E-state index is 12.0. The molecule has 1 unspecified atom stereocenters. The maximum Gasteiger partial charge on any atom is 0.338 e. The topological polar surface area (TPSA) is 38.8 Å². The highest BCUT2D eigenvalue weighted by Gasteiger charge is 2.19. The first-order valence-electron chi connectivity index (χ1n) is 8.34. The van der Waals surface area contributed by atoms with E-state index >= 15 is 0 Å². The fraction of sp³-hybridized carbons (Fsp3) is 0.611. The van der Waals surface area contributed by atoms with Crippen LogP contribution in [-0.2, 0) is 4.74 Å². The van der Waals surface area contributed by atoms with E-state index in [9.17, 15) is 4.79 Å². The van der Waals surface area contributed by atoms with Crippen LogP contribution >= 0.6 is 0 Å². The van der Waals surface area contributed by atoms with Crippen LogP contribution in [0.1, 0.15) is 49.9 Å². The zero-order valence-corrected chi connectivity index (χ0v) is 13.7. The molecule has 4 nitrogen and oxygen atoms in total. The van der Waals surface area contributed by atoms with Gasteiger partial charge in [-0.3, -0.25) is 0 Å². The monoisotopic (exact) mass is 305 g/mol. The molecule has 0 spiro atoms. The lowest BCUT2D eigenvalue weighted by Gasteiger charge is -2.20. The van der Waals surface area contributed by atoms with Crippen LogP contribution in [0.2, 0.25) is 0 Å². The van der Waals surface area contributed by atoms with Crippen LogP contribution in [0.15, 0.2) is 24.3 Å². The van der Waals surface area contributed by atoms with Crippen LogP contribution in [-0.4, -0.2) is 43.2 Å². The lowest BCUT2D eigenvalue weighted by atomic mass is 10.2. The first kappa shape index (κ1) is 16.8. The normalized spacial score (nSPS) is 18.4. The Morgan fingerprint density at radius 3 is 2.68 bits per heavy atom. The highest BCUT2D eigenvalue weighted by atomic mass is 16.5. The van der Waals surface area contributed by atoms with Crippen LogP contribution in [0.5, 0.6) is 5.75 Å². The Kier molecular flexibility index (Phi) is 6.72. The summed E-state index contributed by atoms with van der Waals surface area (Å²) >= 11 is 0. The molecule has 1 fully saturated rings. The zero-order valence-electron chi connectivity index (χ0n) is 13.7. The minimum absolute atomic E-state index is 0.253. The van der Waals surface area contributed by atoms with Crippen LogP contribution in [0.4, 0.5) is 0 Å². The number of nitrogens with zero attached hydrogens (tertiary/aromatic N) is 1. The first-order valence-corrected chi connectivity index (χ1v) is 8.34. The number of esters is 1. The van der Waals surface area contributed by atoms with Gasteiger partial charge in [-0.25, -0.2) is 4.79 Å². The zero-order chi connectivity index (χ0) is 15.8. The summed E-state index contributed by atoms with van der Waals surface area (Å²) in [6, 6.07) is 7.83. The quantitative estimate of drug-likeness (QED) is 0.544. The molecule has 1 saturated heterocycles. The third-order valence-corrected chi connectivity index (χ3v) is 4.08. The van der Waals surface area contributed by atoms with Crippen LogP contribution in [0, 0.1) is 0 Å². The molecule has 0 aromatic heterocycles. The van der Waals surface area contributed by atoms with E-state index in [1.54, 1.807) is 12.1 Å². The number of likely N-dealkylation sites (tertiary alicyclic amines) is 1. The number of benzene rings is 1. The van der Waals surface area contributed by atoms with Crippen molar-refractivity contribution in [2.24, 2.45) is 0 Å². The second-order valence-corrected chi connectivity index (χ2v) is 5.89. The van der Waals surface area contributed by atoms with E-state index in [0.29, 0.717) is 24.8 Å². The first-order chi connectivity index (χ1) is 10.7. The smallest absolute Gasteiger partial charge is 0.338 e. The molecule has 1 atom stereocenters. The molecule has 0 bridgehead atoms. The van der Waals surface area contributed by atoms with E-state index in [-0.39, 0.29) is 5.97 Å².